The number of hydrogen-bond donors (Lipinski definition) is 1. The molecular weight excluding hydrogens is 452 g/mol. The number of ether oxygens (including phenoxy) is 5. The summed E-state index contributed by atoms with van der Waals surface area (Å²) in [5, 5.41) is 0. The second kappa shape index (κ2) is 12.0. The van der Waals surface area contributed by atoms with Crippen LogP contribution in [0.5, 0.6) is 34.5 Å². The van der Waals surface area contributed by atoms with Crippen molar-refractivity contribution < 1.29 is 33.3 Å². The summed E-state index contributed by atoms with van der Waals surface area (Å²) < 4.78 is 28.4. The van der Waals surface area contributed by atoms with E-state index in [1.807, 2.05) is 12.1 Å². The van der Waals surface area contributed by atoms with E-state index in [2.05, 4.69) is 18.7 Å². The number of rotatable bonds is 12. The number of Topliss-reactive ketones (excluding diaryl/α,β-unsaturated/α-hetero) is 1. The van der Waals surface area contributed by atoms with Crippen LogP contribution in [-0.4, -0.2) is 58.8 Å². The average Bonchev–Trinajstić information content (AvgIpc) is 2.90. The molecule has 2 N–H and O–H groups in total. The van der Waals surface area contributed by atoms with Crippen molar-refractivity contribution in [1.82, 2.24) is 4.90 Å². The van der Waals surface area contributed by atoms with Gasteiger partial charge in [-0.3, -0.25) is 4.79 Å². The van der Waals surface area contributed by atoms with Gasteiger partial charge in [-0.1, -0.05) is 13.8 Å². The molecule has 2 aromatic carbocycles. The first-order valence-electron chi connectivity index (χ1n) is 11.8. The maximum absolute atomic E-state index is 13.9. The predicted molar refractivity (Wildman–Crippen MR) is 132 cm³/mol. The van der Waals surface area contributed by atoms with Crippen LogP contribution >= 0.6 is 0 Å². The van der Waals surface area contributed by atoms with Crippen molar-refractivity contribution in [2.75, 3.05) is 48.1 Å². The second-order valence-electron chi connectivity index (χ2n) is 8.25. The maximum Gasteiger partial charge on any atom is 0.203 e. The summed E-state index contributed by atoms with van der Waals surface area (Å²) in [5.74, 6) is 7.46. The smallest absolute Gasteiger partial charge is 0.203 e. The monoisotopic (exact) mass is 488 g/mol. The van der Waals surface area contributed by atoms with Crippen LogP contribution in [0.25, 0.3) is 0 Å². The molecule has 0 fully saturated rings. The van der Waals surface area contributed by atoms with Crippen LogP contribution in [0.1, 0.15) is 48.7 Å². The molecule has 0 aliphatic carbocycles. The highest BCUT2D eigenvalue weighted by atomic mass is 16.6. The summed E-state index contributed by atoms with van der Waals surface area (Å²) in [6.07, 6.45) is 0.858. The molecule has 35 heavy (non-hydrogen) atoms. The van der Waals surface area contributed by atoms with Crippen molar-refractivity contribution in [2.45, 2.75) is 32.8 Å². The first-order valence-corrected chi connectivity index (χ1v) is 11.8. The molecule has 2 aromatic rings. The molecule has 192 valence electrons. The van der Waals surface area contributed by atoms with Gasteiger partial charge in [0.2, 0.25) is 5.75 Å². The lowest BCUT2D eigenvalue weighted by atomic mass is 9.82. The molecule has 9 heteroatoms. The fraction of sp³-hybridized carbons (Fsp3) is 0.500. The predicted octanol–water partition coefficient (Wildman–Crippen LogP) is 4.03. The van der Waals surface area contributed by atoms with E-state index in [1.54, 1.807) is 33.5 Å². The third kappa shape index (κ3) is 5.41. The van der Waals surface area contributed by atoms with Crippen molar-refractivity contribution in [3.63, 3.8) is 0 Å². The molecule has 1 aliphatic rings. The fourth-order valence-electron chi connectivity index (χ4n) is 4.58. The minimum atomic E-state index is -0.585. The highest BCUT2D eigenvalue weighted by molar-refractivity contribution is 6.04. The van der Waals surface area contributed by atoms with Gasteiger partial charge in [0.25, 0.3) is 0 Å². The number of carbonyl (C=O) groups is 1. The van der Waals surface area contributed by atoms with E-state index in [-0.39, 0.29) is 11.5 Å². The van der Waals surface area contributed by atoms with E-state index < -0.39 is 12.0 Å². The number of nitrogens with zero attached hydrogens (tertiary/aromatic N) is 1. The number of benzene rings is 2. The quantitative estimate of drug-likeness (QED) is 0.444. The third-order valence-electron chi connectivity index (χ3n) is 6.50. The van der Waals surface area contributed by atoms with Gasteiger partial charge in [0.05, 0.1) is 34.4 Å². The number of carbonyl (C=O) groups excluding carboxylic acids is 1. The Morgan fingerprint density at radius 1 is 0.914 bits per heavy atom. The normalized spacial score (nSPS) is 17.0. The molecule has 0 radical (unpaired) electrons. The first-order chi connectivity index (χ1) is 17.0. The number of methoxy groups -OCH3 is 4. The summed E-state index contributed by atoms with van der Waals surface area (Å²) in [4.78, 5) is 21.2. The van der Waals surface area contributed by atoms with Crippen molar-refractivity contribution in [3.05, 3.63) is 35.4 Å². The van der Waals surface area contributed by atoms with E-state index in [4.69, 9.17) is 34.4 Å². The molecular formula is C26H36N2O7. The van der Waals surface area contributed by atoms with Gasteiger partial charge in [0.15, 0.2) is 23.0 Å². The zero-order valence-corrected chi connectivity index (χ0v) is 21.4. The molecule has 9 nitrogen and oxygen atoms in total. The molecule has 2 unspecified atom stereocenters. The van der Waals surface area contributed by atoms with Gasteiger partial charge >= 0.3 is 0 Å². The largest absolute Gasteiger partial charge is 0.496 e. The topological polar surface area (TPSA) is 102 Å². The molecule has 0 aromatic heterocycles. The van der Waals surface area contributed by atoms with Crippen LogP contribution in [0.3, 0.4) is 0 Å². The molecule has 0 saturated heterocycles. The lowest BCUT2D eigenvalue weighted by Crippen LogP contribution is -2.33. The van der Waals surface area contributed by atoms with E-state index in [0.717, 1.165) is 31.6 Å². The van der Waals surface area contributed by atoms with Gasteiger partial charge in [-0.05, 0) is 44.6 Å². The Kier molecular flexibility index (Phi) is 9.06. The Hall–Kier alpha value is -3.17. The minimum absolute atomic E-state index is 0.0901. The second-order valence-corrected chi connectivity index (χ2v) is 8.25. The third-order valence-corrected chi connectivity index (χ3v) is 6.50. The molecule has 0 saturated carbocycles. The molecule has 1 aliphatic heterocycles. The molecule has 2 atom stereocenters. The van der Waals surface area contributed by atoms with Crippen molar-refractivity contribution in [1.29, 1.82) is 0 Å². The fourth-order valence-corrected chi connectivity index (χ4v) is 4.58. The van der Waals surface area contributed by atoms with E-state index in [0.29, 0.717) is 40.7 Å². The first kappa shape index (κ1) is 26.4. The lowest BCUT2D eigenvalue weighted by molar-refractivity contribution is 0.0615. The van der Waals surface area contributed by atoms with Crippen LogP contribution < -0.4 is 34.4 Å². The van der Waals surface area contributed by atoms with E-state index in [9.17, 15) is 4.79 Å². The molecule has 0 amide bonds. The summed E-state index contributed by atoms with van der Waals surface area (Å²) in [7, 11) is 6.19. The van der Waals surface area contributed by atoms with Crippen molar-refractivity contribution in [3.8, 4) is 34.5 Å². The standard InChI is InChI=1S/C26H36N2O7/c1-7-28(8-2)11-9-10-18-24(29)23-19(14-17(30-3)15-20(23)35-27)34-25(18)16-12-21(31-4)26(33-6)22(13-16)32-5/h12-15,18,25H,7-11,27H2,1-6H3. The number of nitrogens with two attached hydrogens (primary N) is 1. The molecule has 0 spiro atoms. The van der Waals surface area contributed by atoms with Gasteiger partial charge in [-0.15, -0.1) is 0 Å². The number of hydrogen-bond acceptors (Lipinski definition) is 9. The summed E-state index contributed by atoms with van der Waals surface area (Å²) in [5.41, 5.74) is 1.06. The Morgan fingerprint density at radius 2 is 1.57 bits per heavy atom. The Balaban J connectivity index is 2.09. The SMILES string of the molecule is CCN(CC)CCCC1C(=O)c2c(ON)cc(OC)cc2OC1c1cc(OC)c(OC)c(OC)c1. The average molecular weight is 489 g/mol. The van der Waals surface area contributed by atoms with E-state index in [1.165, 1.54) is 7.11 Å². The highest BCUT2D eigenvalue weighted by Crippen LogP contribution is 2.48. The van der Waals surface area contributed by atoms with Gasteiger partial charge in [0.1, 0.15) is 23.2 Å². The van der Waals surface area contributed by atoms with Crippen molar-refractivity contribution >= 4 is 5.78 Å². The van der Waals surface area contributed by atoms with E-state index >= 15 is 0 Å². The number of fused-ring (bicyclic) bond motifs is 1. The van der Waals surface area contributed by atoms with Gasteiger partial charge in [-0.25, -0.2) is 0 Å². The Morgan fingerprint density at radius 3 is 2.09 bits per heavy atom. The zero-order valence-electron chi connectivity index (χ0n) is 21.4. The van der Waals surface area contributed by atoms with Crippen LogP contribution in [-0.2, 0) is 0 Å². The highest BCUT2D eigenvalue weighted by Gasteiger charge is 2.41. The zero-order chi connectivity index (χ0) is 25.5. The van der Waals surface area contributed by atoms with Crippen LogP contribution in [0.4, 0.5) is 0 Å². The van der Waals surface area contributed by atoms with Gasteiger partial charge in [-0.2, -0.15) is 5.90 Å². The molecule has 3 rings (SSSR count). The van der Waals surface area contributed by atoms with Gasteiger partial charge < -0.3 is 33.4 Å². The summed E-state index contributed by atoms with van der Waals surface area (Å²) >= 11 is 0. The summed E-state index contributed by atoms with van der Waals surface area (Å²) in [6.45, 7) is 7.05. The van der Waals surface area contributed by atoms with Crippen molar-refractivity contribution in [2.24, 2.45) is 11.8 Å². The van der Waals surface area contributed by atoms with Crippen LogP contribution in [0.15, 0.2) is 24.3 Å². The molecule has 0 bridgehead atoms. The summed E-state index contributed by atoms with van der Waals surface area (Å²) in [6, 6.07) is 6.91. The maximum atomic E-state index is 13.9. The molecule has 1 heterocycles. The van der Waals surface area contributed by atoms with Gasteiger partial charge in [0, 0.05) is 17.7 Å². The lowest BCUT2D eigenvalue weighted by Gasteiger charge is -2.34. The minimum Gasteiger partial charge on any atom is -0.496 e. The van der Waals surface area contributed by atoms with Crippen LogP contribution in [0, 0.1) is 5.92 Å². The Bertz CT molecular complexity index is 998. The Labute approximate surface area is 206 Å². The number of ketones is 1. The van der Waals surface area contributed by atoms with Crippen LogP contribution in [0.2, 0.25) is 0 Å².